The molecule has 8 heteroatoms. The summed E-state index contributed by atoms with van der Waals surface area (Å²) in [6.45, 7) is 3.50. The fraction of sp³-hybridized carbons (Fsp3) is 0.227. The lowest BCUT2D eigenvalue weighted by molar-refractivity contribution is -0.0618. The number of urea groups is 1. The topological polar surface area (TPSA) is 123 Å². The Kier molecular flexibility index (Phi) is 4.90. The minimum absolute atomic E-state index is 0.420. The minimum atomic E-state index is -1.01. The second-order valence-electron chi connectivity index (χ2n) is 7.64. The number of hydrogen-bond donors (Lipinski definition) is 4. The highest BCUT2D eigenvalue weighted by Gasteiger charge is 2.43. The molecule has 4 N–H and O–H groups in total. The maximum absolute atomic E-state index is 12.7. The lowest BCUT2D eigenvalue weighted by atomic mass is 9.86. The van der Waals surface area contributed by atoms with Gasteiger partial charge in [0.1, 0.15) is 17.5 Å². The van der Waals surface area contributed by atoms with Gasteiger partial charge in [0.05, 0.1) is 35.9 Å². The van der Waals surface area contributed by atoms with Crippen LogP contribution < -0.4 is 15.4 Å². The van der Waals surface area contributed by atoms with Gasteiger partial charge in [-0.2, -0.15) is 5.26 Å². The Labute approximate surface area is 173 Å². The van der Waals surface area contributed by atoms with E-state index in [1.165, 1.54) is 0 Å². The number of nitrogens with zero attached hydrogens (tertiary/aromatic N) is 2. The van der Waals surface area contributed by atoms with Crippen molar-refractivity contribution in [3.63, 3.8) is 0 Å². The van der Waals surface area contributed by atoms with E-state index >= 15 is 0 Å². The van der Waals surface area contributed by atoms with Crippen LogP contribution >= 0.6 is 0 Å². The summed E-state index contributed by atoms with van der Waals surface area (Å²) >= 11 is 0. The molecule has 4 rings (SSSR count). The van der Waals surface area contributed by atoms with Crippen LogP contribution in [0.2, 0.25) is 0 Å². The van der Waals surface area contributed by atoms with Crippen LogP contribution in [-0.2, 0) is 0 Å². The molecule has 0 fully saturated rings. The smallest absolute Gasteiger partial charge is 0.319 e. The first-order valence-corrected chi connectivity index (χ1v) is 9.45. The van der Waals surface area contributed by atoms with E-state index < -0.39 is 23.8 Å². The maximum Gasteiger partial charge on any atom is 0.319 e. The number of carbonyl (C=O) groups excluding carboxylic acids is 1. The van der Waals surface area contributed by atoms with Crippen LogP contribution in [0.1, 0.15) is 31.0 Å². The van der Waals surface area contributed by atoms with Crippen LogP contribution in [0.15, 0.2) is 55.0 Å². The molecule has 1 aliphatic rings. The molecule has 30 heavy (non-hydrogen) atoms. The molecule has 152 valence electrons. The van der Waals surface area contributed by atoms with Crippen molar-refractivity contribution in [3.05, 3.63) is 66.1 Å². The highest BCUT2D eigenvalue weighted by molar-refractivity contribution is 5.90. The average molecular weight is 403 g/mol. The van der Waals surface area contributed by atoms with Gasteiger partial charge in [0.25, 0.3) is 0 Å². The van der Waals surface area contributed by atoms with Crippen molar-refractivity contribution in [1.82, 2.24) is 15.3 Å². The van der Waals surface area contributed by atoms with Crippen LogP contribution in [0.3, 0.4) is 0 Å². The Morgan fingerprint density at radius 2 is 2.13 bits per heavy atom. The predicted octanol–water partition coefficient (Wildman–Crippen LogP) is 3.34. The second-order valence-corrected chi connectivity index (χ2v) is 7.64. The Bertz CT molecular complexity index is 1120. The highest BCUT2D eigenvalue weighted by atomic mass is 16.5. The van der Waals surface area contributed by atoms with Gasteiger partial charge in [0.15, 0.2) is 0 Å². The van der Waals surface area contributed by atoms with Crippen LogP contribution in [0.25, 0.3) is 11.3 Å². The Hall–Kier alpha value is -3.83. The Morgan fingerprint density at radius 1 is 1.30 bits per heavy atom. The van der Waals surface area contributed by atoms with E-state index in [0.717, 1.165) is 11.3 Å². The first-order valence-electron chi connectivity index (χ1n) is 9.45. The molecule has 0 aliphatic carbocycles. The van der Waals surface area contributed by atoms with Crippen molar-refractivity contribution in [3.8, 4) is 23.1 Å². The molecule has 0 saturated heterocycles. The minimum Gasteiger partial charge on any atom is -0.485 e. The molecule has 2 amide bonds. The molecule has 0 unspecified atom stereocenters. The Morgan fingerprint density at radius 3 is 2.87 bits per heavy atom. The van der Waals surface area contributed by atoms with Crippen LogP contribution in [0.5, 0.6) is 5.75 Å². The normalized spacial score (nSPS) is 19.1. The summed E-state index contributed by atoms with van der Waals surface area (Å²) in [5.41, 5.74) is 2.36. The number of hydrogen-bond acceptors (Lipinski definition) is 5. The summed E-state index contributed by atoms with van der Waals surface area (Å²) in [5, 5.41) is 25.7. The fourth-order valence-electron chi connectivity index (χ4n) is 3.51. The number of aromatic nitrogens is 2. The van der Waals surface area contributed by atoms with Crippen LogP contribution in [-0.4, -0.2) is 32.8 Å². The van der Waals surface area contributed by atoms with E-state index in [4.69, 9.17) is 4.74 Å². The summed E-state index contributed by atoms with van der Waals surface area (Å²) in [6.07, 6.45) is 2.27. The van der Waals surface area contributed by atoms with Gasteiger partial charge in [-0.25, -0.2) is 9.78 Å². The third-order valence-electron chi connectivity index (χ3n) is 5.09. The van der Waals surface area contributed by atoms with Gasteiger partial charge in [0, 0.05) is 16.8 Å². The average Bonchev–Trinajstić information content (AvgIpc) is 3.26. The second kappa shape index (κ2) is 7.54. The SMILES string of the molecule is CC1(C)Oc2ccc(C#N)cc2[C@@H](NC(=O)Nc2cccc(-c3cnc[nH]3)c2)[C@@H]1O. The number of anilines is 1. The summed E-state index contributed by atoms with van der Waals surface area (Å²) in [4.78, 5) is 19.8. The molecule has 1 aliphatic heterocycles. The number of nitrogens with one attached hydrogen (secondary N) is 3. The molecular formula is C22H21N5O3. The summed E-state index contributed by atoms with van der Waals surface area (Å²) in [6, 6.07) is 13.1. The number of imidazole rings is 1. The summed E-state index contributed by atoms with van der Waals surface area (Å²) in [7, 11) is 0. The van der Waals surface area contributed by atoms with E-state index in [1.807, 2.05) is 18.2 Å². The van der Waals surface area contributed by atoms with Crippen molar-refractivity contribution in [2.75, 3.05) is 5.32 Å². The fourth-order valence-corrected chi connectivity index (χ4v) is 3.51. The zero-order chi connectivity index (χ0) is 21.3. The number of H-pyrrole nitrogens is 1. The number of rotatable bonds is 3. The van der Waals surface area contributed by atoms with Crippen molar-refractivity contribution >= 4 is 11.7 Å². The summed E-state index contributed by atoms with van der Waals surface area (Å²) in [5.74, 6) is 0.524. The van der Waals surface area contributed by atoms with E-state index in [1.54, 1.807) is 50.6 Å². The molecule has 2 aromatic carbocycles. The quantitative estimate of drug-likeness (QED) is 0.534. The van der Waals surface area contributed by atoms with Crippen molar-refractivity contribution in [2.45, 2.75) is 31.6 Å². The van der Waals surface area contributed by atoms with Crippen molar-refractivity contribution in [2.24, 2.45) is 0 Å². The lowest BCUT2D eigenvalue weighted by Gasteiger charge is -2.42. The van der Waals surface area contributed by atoms with Crippen molar-refractivity contribution in [1.29, 1.82) is 5.26 Å². The number of carbonyl (C=O) groups is 1. The lowest BCUT2D eigenvalue weighted by Crippen LogP contribution is -2.54. The van der Waals surface area contributed by atoms with E-state index in [2.05, 4.69) is 26.7 Å². The van der Waals surface area contributed by atoms with Crippen LogP contribution in [0, 0.1) is 11.3 Å². The standard InChI is InChI=1S/C22H21N5O3/c1-22(2)20(28)19(16-8-13(10-23)6-7-18(16)30-22)27-21(29)26-15-5-3-4-14(9-15)17-11-24-12-25-17/h3-9,11-12,19-20,28H,1-2H3,(H,24,25)(H2,26,27,29)/t19-,20+/m1/s1. The molecule has 0 bridgehead atoms. The van der Waals surface area contributed by atoms with Gasteiger partial charge in [-0.05, 0) is 44.2 Å². The number of fused-ring (bicyclic) bond motifs is 1. The third kappa shape index (κ3) is 3.71. The first kappa shape index (κ1) is 19.5. The molecule has 8 nitrogen and oxygen atoms in total. The zero-order valence-corrected chi connectivity index (χ0v) is 16.5. The molecule has 0 spiro atoms. The number of aliphatic hydroxyl groups excluding tert-OH is 1. The molecule has 3 aromatic rings. The monoisotopic (exact) mass is 403 g/mol. The predicted molar refractivity (Wildman–Crippen MR) is 111 cm³/mol. The van der Waals surface area contributed by atoms with Gasteiger partial charge in [0.2, 0.25) is 0 Å². The first-order chi connectivity index (χ1) is 14.4. The number of nitriles is 1. The number of benzene rings is 2. The molecule has 0 saturated carbocycles. The highest BCUT2D eigenvalue weighted by Crippen LogP contribution is 2.40. The van der Waals surface area contributed by atoms with E-state index in [-0.39, 0.29) is 0 Å². The van der Waals surface area contributed by atoms with Gasteiger partial charge < -0.3 is 25.5 Å². The molecular weight excluding hydrogens is 382 g/mol. The number of aliphatic hydroxyl groups is 1. The van der Waals surface area contributed by atoms with Gasteiger partial charge in [-0.1, -0.05) is 12.1 Å². The third-order valence-corrected chi connectivity index (χ3v) is 5.09. The Balaban J connectivity index is 1.57. The molecule has 0 radical (unpaired) electrons. The van der Waals surface area contributed by atoms with Crippen LogP contribution in [0.4, 0.5) is 10.5 Å². The molecule has 2 heterocycles. The van der Waals surface area contributed by atoms with Gasteiger partial charge in [-0.15, -0.1) is 0 Å². The zero-order valence-electron chi connectivity index (χ0n) is 16.5. The maximum atomic E-state index is 12.7. The number of aromatic amines is 1. The molecule has 2 atom stereocenters. The van der Waals surface area contributed by atoms with Gasteiger partial charge in [-0.3, -0.25) is 0 Å². The largest absolute Gasteiger partial charge is 0.485 e. The van der Waals surface area contributed by atoms with Crippen molar-refractivity contribution < 1.29 is 14.6 Å². The van der Waals surface area contributed by atoms with Gasteiger partial charge >= 0.3 is 6.03 Å². The number of ether oxygens (including phenoxy) is 1. The molecule has 1 aromatic heterocycles. The van der Waals surface area contributed by atoms with E-state index in [0.29, 0.717) is 22.6 Å². The summed E-state index contributed by atoms with van der Waals surface area (Å²) < 4.78 is 5.88. The van der Waals surface area contributed by atoms with E-state index in [9.17, 15) is 15.2 Å². The number of amides is 2.